The van der Waals surface area contributed by atoms with Crippen LogP contribution in [0.25, 0.3) is 11.3 Å². The molecule has 1 unspecified atom stereocenters. The van der Waals surface area contributed by atoms with Gasteiger partial charge in [-0.2, -0.15) is 0 Å². The molecule has 0 aliphatic heterocycles. The van der Waals surface area contributed by atoms with Gasteiger partial charge in [0.25, 0.3) is 15.9 Å². The lowest BCUT2D eigenvalue weighted by molar-refractivity contribution is -0.137. The van der Waals surface area contributed by atoms with E-state index < -0.39 is 34.0 Å². The lowest BCUT2D eigenvalue weighted by Crippen LogP contribution is -2.36. The average molecular weight is 501 g/mol. The van der Waals surface area contributed by atoms with Crippen molar-refractivity contribution in [2.75, 3.05) is 12.4 Å². The number of nitrogens with zero attached hydrogens (tertiary/aromatic N) is 2. The molecule has 184 valence electrons. The maximum Gasteiger partial charge on any atom is 0.333 e. The molecule has 0 spiro atoms. The smallest absolute Gasteiger partial charge is 0.333 e. The Bertz CT molecular complexity index is 1370. The summed E-state index contributed by atoms with van der Waals surface area (Å²) in [6.45, 7) is 3.22. The first-order chi connectivity index (χ1) is 16.5. The molecule has 0 aliphatic carbocycles. The van der Waals surface area contributed by atoms with Crippen LogP contribution in [0, 0.1) is 6.92 Å². The summed E-state index contributed by atoms with van der Waals surface area (Å²) < 4.78 is 32.1. The van der Waals surface area contributed by atoms with Gasteiger partial charge >= 0.3 is 12.0 Å². The zero-order valence-electron chi connectivity index (χ0n) is 19.2. The van der Waals surface area contributed by atoms with Crippen molar-refractivity contribution in [1.82, 2.24) is 14.8 Å². The number of amides is 3. The van der Waals surface area contributed by atoms with Crippen molar-refractivity contribution in [3.05, 3.63) is 65.9 Å². The van der Waals surface area contributed by atoms with Crippen LogP contribution >= 0.6 is 0 Å². The van der Waals surface area contributed by atoms with E-state index >= 15 is 0 Å². The third kappa shape index (κ3) is 6.23. The standard InChI is InChI=1S/C23H24N4O7S/c1-14-7-4-5-10-20(14)35(32,33)26-23(31)24-17-9-6-8-16(12-17)18-13-19(34-25-18)22(30)27(3)15(2)11-21(28)29/h4-10,12-13,15H,11H2,1-3H3,(H,28,29)(H2,24,26,31). The molecule has 11 nitrogen and oxygen atoms in total. The molecule has 3 amide bonds. The number of aromatic nitrogens is 1. The van der Waals surface area contributed by atoms with Crippen molar-refractivity contribution < 1.29 is 32.4 Å². The highest BCUT2D eigenvalue weighted by Crippen LogP contribution is 2.23. The van der Waals surface area contributed by atoms with Gasteiger partial charge in [-0.25, -0.2) is 17.9 Å². The van der Waals surface area contributed by atoms with E-state index in [4.69, 9.17) is 9.63 Å². The van der Waals surface area contributed by atoms with Gasteiger partial charge in [-0.3, -0.25) is 9.59 Å². The molecule has 0 aliphatic rings. The van der Waals surface area contributed by atoms with Crippen molar-refractivity contribution in [1.29, 1.82) is 0 Å². The number of carboxylic acid groups (broad SMARTS) is 1. The van der Waals surface area contributed by atoms with E-state index in [-0.39, 0.29) is 22.8 Å². The van der Waals surface area contributed by atoms with Crippen LogP contribution in [0.2, 0.25) is 0 Å². The minimum absolute atomic E-state index is 0.00802. The minimum Gasteiger partial charge on any atom is -0.481 e. The summed E-state index contributed by atoms with van der Waals surface area (Å²) in [7, 11) is -2.61. The quantitative estimate of drug-likeness (QED) is 0.425. The molecule has 0 radical (unpaired) electrons. The molecule has 0 fully saturated rings. The Hall–Kier alpha value is -4.19. The Labute approximate surface area is 201 Å². The van der Waals surface area contributed by atoms with E-state index in [0.717, 1.165) is 0 Å². The van der Waals surface area contributed by atoms with Gasteiger partial charge < -0.3 is 19.8 Å². The Kier molecular flexibility index (Phi) is 7.55. The lowest BCUT2D eigenvalue weighted by atomic mass is 10.1. The number of aryl methyl sites for hydroxylation is 1. The molecular weight excluding hydrogens is 476 g/mol. The molecule has 0 saturated carbocycles. The van der Waals surface area contributed by atoms with E-state index in [1.165, 1.54) is 30.1 Å². The monoisotopic (exact) mass is 500 g/mol. The molecule has 3 aromatic rings. The van der Waals surface area contributed by atoms with E-state index in [1.807, 2.05) is 4.72 Å². The molecule has 12 heteroatoms. The molecule has 3 rings (SSSR count). The Balaban J connectivity index is 1.71. The van der Waals surface area contributed by atoms with Gasteiger partial charge in [-0.05, 0) is 37.6 Å². The number of carboxylic acids is 1. The third-order valence-electron chi connectivity index (χ3n) is 5.20. The largest absolute Gasteiger partial charge is 0.481 e. The van der Waals surface area contributed by atoms with Crippen molar-refractivity contribution in [3.63, 3.8) is 0 Å². The van der Waals surface area contributed by atoms with Gasteiger partial charge in [-0.15, -0.1) is 0 Å². The highest BCUT2D eigenvalue weighted by atomic mass is 32.2. The molecule has 0 saturated heterocycles. The minimum atomic E-state index is -4.07. The fraction of sp³-hybridized carbons (Fsp3) is 0.217. The van der Waals surface area contributed by atoms with Gasteiger partial charge in [0.05, 0.1) is 11.3 Å². The second kappa shape index (κ2) is 10.4. The van der Waals surface area contributed by atoms with Crippen LogP contribution in [0.3, 0.4) is 0 Å². The number of aliphatic carboxylic acids is 1. The zero-order valence-corrected chi connectivity index (χ0v) is 20.0. The van der Waals surface area contributed by atoms with Crippen LogP contribution < -0.4 is 10.0 Å². The second-order valence-corrected chi connectivity index (χ2v) is 9.50. The molecular formula is C23H24N4O7S. The van der Waals surface area contributed by atoms with Crippen LogP contribution in [-0.2, 0) is 14.8 Å². The van der Waals surface area contributed by atoms with E-state index in [1.54, 1.807) is 50.2 Å². The van der Waals surface area contributed by atoms with E-state index in [0.29, 0.717) is 16.8 Å². The van der Waals surface area contributed by atoms with Crippen molar-refractivity contribution in [2.24, 2.45) is 0 Å². The molecule has 1 aromatic heterocycles. The van der Waals surface area contributed by atoms with E-state index in [9.17, 15) is 22.8 Å². The van der Waals surface area contributed by atoms with Crippen molar-refractivity contribution in [2.45, 2.75) is 31.2 Å². The Morgan fingerprint density at radius 3 is 2.51 bits per heavy atom. The second-order valence-electron chi connectivity index (χ2n) is 7.85. The molecule has 3 N–H and O–H groups in total. The van der Waals surface area contributed by atoms with Crippen LogP contribution in [0.5, 0.6) is 0 Å². The predicted octanol–water partition coefficient (Wildman–Crippen LogP) is 3.10. The Morgan fingerprint density at radius 1 is 1.11 bits per heavy atom. The molecule has 0 bridgehead atoms. The number of nitrogens with one attached hydrogen (secondary N) is 2. The van der Waals surface area contributed by atoms with Crippen LogP contribution in [0.15, 0.2) is 64.0 Å². The number of urea groups is 1. The van der Waals surface area contributed by atoms with Crippen molar-refractivity contribution in [3.8, 4) is 11.3 Å². The summed E-state index contributed by atoms with van der Waals surface area (Å²) in [6, 6.07) is 12.5. The summed E-state index contributed by atoms with van der Waals surface area (Å²) in [4.78, 5) is 37.0. The van der Waals surface area contributed by atoms with Gasteiger partial charge in [0.1, 0.15) is 5.69 Å². The molecule has 35 heavy (non-hydrogen) atoms. The van der Waals surface area contributed by atoms with Crippen LogP contribution in [0.4, 0.5) is 10.5 Å². The molecule has 1 atom stereocenters. The average Bonchev–Trinajstić information content (AvgIpc) is 3.28. The first kappa shape index (κ1) is 25.4. The number of rotatable bonds is 8. The molecule has 1 heterocycles. The first-order valence-electron chi connectivity index (χ1n) is 10.4. The fourth-order valence-corrected chi connectivity index (χ4v) is 4.38. The summed E-state index contributed by atoms with van der Waals surface area (Å²) in [5, 5.41) is 15.3. The highest BCUT2D eigenvalue weighted by molar-refractivity contribution is 7.90. The van der Waals surface area contributed by atoms with Crippen LogP contribution in [-0.4, -0.2) is 54.6 Å². The zero-order chi connectivity index (χ0) is 25.8. The van der Waals surface area contributed by atoms with Gasteiger partial charge in [-0.1, -0.05) is 35.5 Å². The van der Waals surface area contributed by atoms with E-state index in [2.05, 4.69) is 10.5 Å². The number of benzene rings is 2. The summed E-state index contributed by atoms with van der Waals surface area (Å²) in [5.74, 6) is -1.65. The van der Waals surface area contributed by atoms with Gasteiger partial charge in [0.2, 0.25) is 5.76 Å². The number of sulfonamides is 1. The maximum absolute atomic E-state index is 12.6. The normalized spacial score (nSPS) is 12.0. The maximum atomic E-state index is 12.6. The Morgan fingerprint density at radius 2 is 1.83 bits per heavy atom. The summed E-state index contributed by atoms with van der Waals surface area (Å²) in [6.07, 6.45) is -0.224. The number of hydrogen-bond acceptors (Lipinski definition) is 7. The van der Waals surface area contributed by atoms with Crippen molar-refractivity contribution >= 4 is 33.6 Å². The fourth-order valence-electron chi connectivity index (χ4n) is 3.22. The number of anilines is 1. The predicted molar refractivity (Wildman–Crippen MR) is 126 cm³/mol. The van der Waals surface area contributed by atoms with Crippen LogP contribution in [0.1, 0.15) is 29.5 Å². The molecule has 2 aromatic carbocycles. The number of carbonyl (C=O) groups is 3. The lowest BCUT2D eigenvalue weighted by Gasteiger charge is -2.22. The topological polar surface area (TPSA) is 159 Å². The van der Waals surface area contributed by atoms with Gasteiger partial charge in [0, 0.05) is 30.4 Å². The first-order valence-corrected chi connectivity index (χ1v) is 11.9. The SMILES string of the molecule is Cc1ccccc1S(=O)(=O)NC(=O)Nc1cccc(-c2cc(C(=O)N(C)C(C)CC(=O)O)on2)c1. The number of carbonyl (C=O) groups excluding carboxylic acids is 2. The summed E-state index contributed by atoms with van der Waals surface area (Å²) in [5.41, 5.74) is 1.56. The third-order valence-corrected chi connectivity index (χ3v) is 6.69. The number of hydrogen-bond donors (Lipinski definition) is 3. The highest BCUT2D eigenvalue weighted by Gasteiger charge is 2.24. The summed E-state index contributed by atoms with van der Waals surface area (Å²) >= 11 is 0. The van der Waals surface area contributed by atoms with Gasteiger partial charge in [0.15, 0.2) is 0 Å².